The van der Waals surface area contributed by atoms with Gasteiger partial charge in [0.25, 0.3) is 0 Å². The molecule has 0 bridgehead atoms. The number of ether oxygens (including phenoxy) is 1. The molecule has 2 aliphatic heterocycles. The molecular formula is C25H33N5O2. The summed E-state index contributed by atoms with van der Waals surface area (Å²) < 4.78 is 5.52. The summed E-state index contributed by atoms with van der Waals surface area (Å²) in [7, 11) is 3.52. The molecule has 2 aromatic rings. The third-order valence-electron chi connectivity index (χ3n) is 6.21. The number of hydrogen-bond donors (Lipinski definition) is 2. The lowest BCUT2D eigenvalue weighted by molar-refractivity contribution is -0.128. The van der Waals surface area contributed by atoms with Crippen LogP contribution in [0.25, 0.3) is 0 Å². The highest BCUT2D eigenvalue weighted by Gasteiger charge is 2.25. The van der Waals surface area contributed by atoms with E-state index in [4.69, 9.17) is 4.74 Å². The number of guanidine groups is 1. The lowest BCUT2D eigenvalue weighted by Gasteiger charge is -2.22. The van der Waals surface area contributed by atoms with Gasteiger partial charge >= 0.3 is 0 Å². The van der Waals surface area contributed by atoms with E-state index in [1.165, 1.54) is 11.1 Å². The Morgan fingerprint density at radius 3 is 2.62 bits per heavy atom. The van der Waals surface area contributed by atoms with Crippen molar-refractivity contribution in [3.8, 4) is 5.75 Å². The first-order valence-corrected chi connectivity index (χ1v) is 11.4. The average molecular weight is 436 g/mol. The average Bonchev–Trinajstić information content (AvgIpc) is 3.46. The van der Waals surface area contributed by atoms with Gasteiger partial charge in [0, 0.05) is 52.2 Å². The Kier molecular flexibility index (Phi) is 7.14. The molecule has 1 unspecified atom stereocenters. The molecule has 7 nitrogen and oxygen atoms in total. The normalized spacial score (nSPS) is 18.9. The quantitative estimate of drug-likeness (QED) is 0.517. The van der Waals surface area contributed by atoms with Gasteiger partial charge in [-0.15, -0.1) is 0 Å². The van der Waals surface area contributed by atoms with E-state index in [9.17, 15) is 4.79 Å². The molecule has 2 aromatic carbocycles. The minimum Gasteiger partial charge on any atom is -0.495 e. The predicted octanol–water partition coefficient (Wildman–Crippen LogP) is 2.76. The summed E-state index contributed by atoms with van der Waals surface area (Å²) in [6.07, 6.45) is 2.71. The molecule has 1 amide bonds. The number of nitrogens with zero attached hydrogens (tertiary/aromatic N) is 3. The number of methoxy groups -OCH3 is 1. The van der Waals surface area contributed by atoms with E-state index in [0.29, 0.717) is 25.6 Å². The van der Waals surface area contributed by atoms with E-state index in [1.54, 1.807) is 14.2 Å². The maximum Gasteiger partial charge on any atom is 0.222 e. The SMILES string of the molecule is CN=C(NCc1ccc(CN2CCCC2=O)cc1)NC1CCN(c2ccccc2OC)C1. The van der Waals surface area contributed by atoms with E-state index in [1.807, 2.05) is 23.1 Å². The standard InChI is InChI=1S/C25H33N5O2/c1-26-25(28-21-13-15-29(18-21)22-6-3-4-7-23(22)32-2)27-16-19-9-11-20(12-10-19)17-30-14-5-8-24(30)31/h3-4,6-7,9-12,21H,5,8,13-18H2,1-2H3,(H2,26,27,28). The summed E-state index contributed by atoms with van der Waals surface area (Å²) in [6, 6.07) is 17.0. The summed E-state index contributed by atoms with van der Waals surface area (Å²) >= 11 is 0. The lowest BCUT2D eigenvalue weighted by Crippen LogP contribution is -2.44. The molecule has 2 aliphatic rings. The van der Waals surface area contributed by atoms with Crippen molar-refractivity contribution < 1.29 is 9.53 Å². The molecule has 0 radical (unpaired) electrons. The van der Waals surface area contributed by atoms with Crippen LogP contribution in [0.5, 0.6) is 5.75 Å². The fourth-order valence-corrected chi connectivity index (χ4v) is 4.42. The molecule has 2 fully saturated rings. The van der Waals surface area contributed by atoms with Crippen LogP contribution in [-0.2, 0) is 17.9 Å². The molecule has 1 atom stereocenters. The highest BCUT2D eigenvalue weighted by molar-refractivity contribution is 5.80. The number of carbonyl (C=O) groups excluding carboxylic acids is 1. The maximum atomic E-state index is 11.8. The molecule has 4 rings (SSSR count). The van der Waals surface area contributed by atoms with Gasteiger partial charge in [-0.25, -0.2) is 0 Å². The van der Waals surface area contributed by atoms with Crippen LogP contribution in [0.4, 0.5) is 5.69 Å². The van der Waals surface area contributed by atoms with Crippen LogP contribution >= 0.6 is 0 Å². The van der Waals surface area contributed by atoms with Gasteiger partial charge < -0.3 is 25.2 Å². The molecule has 0 aliphatic carbocycles. The molecule has 0 saturated carbocycles. The number of carbonyl (C=O) groups is 1. The molecular weight excluding hydrogens is 402 g/mol. The van der Waals surface area contributed by atoms with Crippen molar-refractivity contribution in [2.75, 3.05) is 38.7 Å². The van der Waals surface area contributed by atoms with Crippen molar-refractivity contribution in [2.45, 2.75) is 38.4 Å². The molecule has 2 saturated heterocycles. The van der Waals surface area contributed by atoms with Gasteiger partial charge in [0.05, 0.1) is 12.8 Å². The molecule has 0 aromatic heterocycles. The van der Waals surface area contributed by atoms with Crippen molar-refractivity contribution in [1.82, 2.24) is 15.5 Å². The fourth-order valence-electron chi connectivity index (χ4n) is 4.42. The van der Waals surface area contributed by atoms with E-state index in [0.717, 1.165) is 49.9 Å². The van der Waals surface area contributed by atoms with Gasteiger partial charge in [-0.3, -0.25) is 9.79 Å². The van der Waals surface area contributed by atoms with Gasteiger partial charge in [0.1, 0.15) is 5.75 Å². The molecule has 0 spiro atoms. The van der Waals surface area contributed by atoms with E-state index >= 15 is 0 Å². The number of para-hydroxylation sites is 2. The zero-order valence-electron chi connectivity index (χ0n) is 19.0. The van der Waals surface area contributed by atoms with Gasteiger partial charge in [-0.05, 0) is 36.1 Å². The summed E-state index contributed by atoms with van der Waals surface area (Å²) in [5, 5.41) is 6.97. The molecule has 7 heteroatoms. The van der Waals surface area contributed by atoms with Crippen molar-refractivity contribution in [3.63, 3.8) is 0 Å². The van der Waals surface area contributed by atoms with Gasteiger partial charge in [-0.1, -0.05) is 36.4 Å². The molecule has 2 heterocycles. The number of amides is 1. The first kappa shape index (κ1) is 22.0. The topological polar surface area (TPSA) is 69.2 Å². The number of rotatable bonds is 7. The maximum absolute atomic E-state index is 11.8. The largest absolute Gasteiger partial charge is 0.495 e. The third kappa shape index (κ3) is 5.33. The minimum absolute atomic E-state index is 0.266. The number of hydrogen-bond acceptors (Lipinski definition) is 4. The van der Waals surface area contributed by atoms with Crippen molar-refractivity contribution >= 4 is 17.6 Å². The van der Waals surface area contributed by atoms with E-state index in [2.05, 4.69) is 50.9 Å². The Labute approximate surface area is 190 Å². The van der Waals surface area contributed by atoms with Crippen LogP contribution in [0.2, 0.25) is 0 Å². The van der Waals surface area contributed by atoms with Crippen LogP contribution in [0.3, 0.4) is 0 Å². The minimum atomic E-state index is 0.266. The van der Waals surface area contributed by atoms with Gasteiger partial charge in [0.15, 0.2) is 5.96 Å². The van der Waals surface area contributed by atoms with Crippen molar-refractivity contribution in [1.29, 1.82) is 0 Å². The highest BCUT2D eigenvalue weighted by Crippen LogP contribution is 2.30. The number of aliphatic imine (C=N–C) groups is 1. The number of benzene rings is 2. The van der Waals surface area contributed by atoms with E-state index in [-0.39, 0.29) is 5.91 Å². The lowest BCUT2D eigenvalue weighted by atomic mass is 10.1. The summed E-state index contributed by atoms with van der Waals surface area (Å²) in [5.41, 5.74) is 3.50. The van der Waals surface area contributed by atoms with Crippen molar-refractivity contribution in [3.05, 3.63) is 59.7 Å². The van der Waals surface area contributed by atoms with Crippen LogP contribution in [0.15, 0.2) is 53.5 Å². The Bertz CT molecular complexity index is 944. The Hall–Kier alpha value is -3.22. The fraction of sp³-hybridized carbons (Fsp3) is 0.440. The smallest absolute Gasteiger partial charge is 0.222 e. The second-order valence-corrected chi connectivity index (χ2v) is 8.41. The zero-order chi connectivity index (χ0) is 22.3. The predicted molar refractivity (Wildman–Crippen MR) is 128 cm³/mol. The summed E-state index contributed by atoms with van der Waals surface area (Å²) in [6.45, 7) is 4.17. The number of likely N-dealkylation sites (tertiary alicyclic amines) is 1. The van der Waals surface area contributed by atoms with Gasteiger partial charge in [-0.2, -0.15) is 0 Å². The monoisotopic (exact) mass is 435 g/mol. The second-order valence-electron chi connectivity index (χ2n) is 8.41. The van der Waals surface area contributed by atoms with Crippen molar-refractivity contribution in [2.24, 2.45) is 4.99 Å². The Morgan fingerprint density at radius 2 is 1.91 bits per heavy atom. The Morgan fingerprint density at radius 1 is 1.12 bits per heavy atom. The Balaban J connectivity index is 1.26. The summed E-state index contributed by atoms with van der Waals surface area (Å²) in [4.78, 5) is 20.5. The van der Waals surface area contributed by atoms with Gasteiger partial charge in [0.2, 0.25) is 5.91 Å². The number of anilines is 1. The van der Waals surface area contributed by atoms with Crippen LogP contribution in [0, 0.1) is 0 Å². The van der Waals surface area contributed by atoms with Crippen LogP contribution in [0.1, 0.15) is 30.4 Å². The number of nitrogens with one attached hydrogen (secondary N) is 2. The van der Waals surface area contributed by atoms with Crippen LogP contribution < -0.4 is 20.3 Å². The van der Waals surface area contributed by atoms with Crippen LogP contribution in [-0.4, -0.2) is 56.6 Å². The zero-order valence-corrected chi connectivity index (χ0v) is 19.0. The molecule has 2 N–H and O–H groups in total. The first-order valence-electron chi connectivity index (χ1n) is 11.4. The third-order valence-corrected chi connectivity index (χ3v) is 6.21. The second kappa shape index (κ2) is 10.4. The molecule has 170 valence electrons. The summed E-state index contributed by atoms with van der Waals surface area (Å²) in [5.74, 6) is 1.98. The molecule has 32 heavy (non-hydrogen) atoms. The van der Waals surface area contributed by atoms with E-state index < -0.39 is 0 Å². The first-order chi connectivity index (χ1) is 15.7. The highest BCUT2D eigenvalue weighted by atomic mass is 16.5.